The van der Waals surface area contributed by atoms with Crippen molar-refractivity contribution in [3.05, 3.63) is 82.2 Å². The zero-order chi connectivity index (χ0) is 19.3. The fourth-order valence-electron chi connectivity index (χ4n) is 4.60. The SMILES string of the molecule is O=C(c1ccc(F)cc1)N1C[C@@H]2C[C@H](C1)c1c(-c3ccco3)ccc(=O)n1C2. The number of benzene rings is 1. The molecule has 0 radical (unpaired) electrons. The number of carbonyl (C=O) groups excluding carboxylic acids is 1. The van der Waals surface area contributed by atoms with Gasteiger partial charge >= 0.3 is 0 Å². The number of hydrogen-bond donors (Lipinski definition) is 0. The second-order valence-corrected chi connectivity index (χ2v) is 7.57. The van der Waals surface area contributed by atoms with Gasteiger partial charge in [0.05, 0.1) is 6.26 Å². The van der Waals surface area contributed by atoms with Gasteiger partial charge in [0.25, 0.3) is 11.5 Å². The number of halogens is 1. The summed E-state index contributed by atoms with van der Waals surface area (Å²) < 4.78 is 20.6. The minimum atomic E-state index is -0.358. The summed E-state index contributed by atoms with van der Waals surface area (Å²) in [6.07, 6.45) is 2.55. The lowest BCUT2D eigenvalue weighted by atomic mass is 9.81. The molecule has 3 aromatic rings. The third kappa shape index (κ3) is 2.76. The van der Waals surface area contributed by atoms with E-state index in [1.54, 1.807) is 12.3 Å². The van der Waals surface area contributed by atoms with Gasteiger partial charge in [-0.25, -0.2) is 4.39 Å². The van der Waals surface area contributed by atoms with E-state index in [4.69, 9.17) is 4.42 Å². The smallest absolute Gasteiger partial charge is 0.253 e. The molecule has 142 valence electrons. The van der Waals surface area contributed by atoms with Gasteiger partial charge in [0.15, 0.2) is 0 Å². The number of fused-ring (bicyclic) bond motifs is 4. The molecule has 2 aliphatic rings. The fourth-order valence-corrected chi connectivity index (χ4v) is 4.60. The first-order valence-electron chi connectivity index (χ1n) is 9.42. The number of hydrogen-bond acceptors (Lipinski definition) is 3. The van der Waals surface area contributed by atoms with Crippen LogP contribution in [0.5, 0.6) is 0 Å². The van der Waals surface area contributed by atoms with Crippen LogP contribution < -0.4 is 5.56 Å². The molecule has 0 aliphatic carbocycles. The summed E-state index contributed by atoms with van der Waals surface area (Å²) in [6.45, 7) is 1.72. The largest absolute Gasteiger partial charge is 0.464 e. The maximum Gasteiger partial charge on any atom is 0.253 e. The predicted octanol–water partition coefficient (Wildman–Crippen LogP) is 3.51. The Morgan fingerprint density at radius 3 is 2.61 bits per heavy atom. The molecule has 2 bridgehead atoms. The highest BCUT2D eigenvalue weighted by Gasteiger charge is 2.38. The maximum atomic E-state index is 13.2. The van der Waals surface area contributed by atoms with E-state index < -0.39 is 0 Å². The topological polar surface area (TPSA) is 55.5 Å². The monoisotopic (exact) mass is 378 g/mol. The average Bonchev–Trinajstić information content (AvgIpc) is 3.23. The predicted molar refractivity (Wildman–Crippen MR) is 102 cm³/mol. The Morgan fingerprint density at radius 1 is 1.04 bits per heavy atom. The van der Waals surface area contributed by atoms with Crippen LogP contribution in [0.25, 0.3) is 11.3 Å². The van der Waals surface area contributed by atoms with Crippen molar-refractivity contribution in [1.82, 2.24) is 9.47 Å². The zero-order valence-electron chi connectivity index (χ0n) is 15.2. The van der Waals surface area contributed by atoms with Crippen molar-refractivity contribution in [1.29, 1.82) is 0 Å². The van der Waals surface area contributed by atoms with E-state index in [0.717, 1.165) is 23.4 Å². The number of aromatic nitrogens is 1. The van der Waals surface area contributed by atoms with Gasteiger partial charge in [0.2, 0.25) is 0 Å². The normalized spacial score (nSPS) is 20.7. The van der Waals surface area contributed by atoms with E-state index in [-0.39, 0.29) is 29.1 Å². The Morgan fingerprint density at radius 2 is 1.86 bits per heavy atom. The highest BCUT2D eigenvalue weighted by Crippen LogP contribution is 2.40. The quantitative estimate of drug-likeness (QED) is 0.686. The van der Waals surface area contributed by atoms with E-state index in [2.05, 4.69) is 0 Å². The zero-order valence-corrected chi connectivity index (χ0v) is 15.2. The molecule has 1 amide bonds. The molecule has 28 heavy (non-hydrogen) atoms. The summed E-state index contributed by atoms with van der Waals surface area (Å²) in [5.74, 6) is 0.555. The summed E-state index contributed by atoms with van der Waals surface area (Å²) in [6, 6.07) is 12.8. The highest BCUT2D eigenvalue weighted by molar-refractivity contribution is 5.94. The number of amides is 1. The molecule has 4 heterocycles. The Balaban J connectivity index is 1.52. The van der Waals surface area contributed by atoms with Crippen molar-refractivity contribution in [2.75, 3.05) is 13.1 Å². The molecule has 2 atom stereocenters. The molecule has 2 aliphatic heterocycles. The van der Waals surface area contributed by atoms with Crippen molar-refractivity contribution in [2.24, 2.45) is 5.92 Å². The second-order valence-electron chi connectivity index (χ2n) is 7.57. The lowest BCUT2D eigenvalue weighted by molar-refractivity contribution is 0.0595. The van der Waals surface area contributed by atoms with Crippen LogP contribution in [0, 0.1) is 11.7 Å². The molecular formula is C22H19FN2O3. The molecule has 5 nitrogen and oxygen atoms in total. The lowest BCUT2D eigenvalue weighted by Crippen LogP contribution is -2.49. The Labute approximate surface area is 161 Å². The molecule has 0 saturated carbocycles. The van der Waals surface area contributed by atoms with Crippen LogP contribution in [-0.2, 0) is 6.54 Å². The van der Waals surface area contributed by atoms with E-state index in [0.29, 0.717) is 25.2 Å². The number of pyridine rings is 1. The van der Waals surface area contributed by atoms with Crippen LogP contribution >= 0.6 is 0 Å². The molecule has 0 N–H and O–H groups in total. The number of carbonyl (C=O) groups is 1. The Bertz CT molecular complexity index is 1090. The summed E-state index contributed by atoms with van der Waals surface area (Å²) in [5.41, 5.74) is 2.32. The van der Waals surface area contributed by atoms with Crippen LogP contribution in [0.15, 0.2) is 64.0 Å². The standard InChI is InChI=1S/C22H19FN2O3/c23-17-5-3-15(4-6-17)22(27)24-11-14-10-16(13-24)21-18(19-2-1-9-28-19)7-8-20(26)25(21)12-14/h1-9,14,16H,10-13H2/t14-,16+/m0/s1. The van der Waals surface area contributed by atoms with E-state index >= 15 is 0 Å². The fraction of sp³-hybridized carbons (Fsp3) is 0.273. The van der Waals surface area contributed by atoms with Crippen LogP contribution in [0.2, 0.25) is 0 Å². The molecule has 1 aromatic carbocycles. The van der Waals surface area contributed by atoms with E-state index in [9.17, 15) is 14.0 Å². The number of likely N-dealkylation sites (tertiary alicyclic amines) is 1. The molecule has 5 rings (SSSR count). The summed E-state index contributed by atoms with van der Waals surface area (Å²) in [5, 5.41) is 0. The maximum absolute atomic E-state index is 13.2. The van der Waals surface area contributed by atoms with Gasteiger partial charge in [-0.3, -0.25) is 9.59 Å². The van der Waals surface area contributed by atoms with E-state index in [1.165, 1.54) is 24.3 Å². The molecule has 1 saturated heterocycles. The average molecular weight is 378 g/mol. The van der Waals surface area contributed by atoms with Crippen molar-refractivity contribution in [3.63, 3.8) is 0 Å². The van der Waals surface area contributed by atoms with Gasteiger partial charge in [-0.05, 0) is 54.8 Å². The number of nitrogens with zero attached hydrogens (tertiary/aromatic N) is 2. The minimum absolute atomic E-state index is 0.0154. The summed E-state index contributed by atoms with van der Waals surface area (Å²) >= 11 is 0. The Kier molecular flexibility index (Phi) is 3.93. The van der Waals surface area contributed by atoms with Gasteiger partial charge in [-0.1, -0.05) is 0 Å². The van der Waals surface area contributed by atoms with E-state index in [1.807, 2.05) is 27.7 Å². The molecule has 6 heteroatoms. The third-order valence-corrected chi connectivity index (χ3v) is 5.76. The van der Waals surface area contributed by atoms with Gasteiger partial charge in [-0.15, -0.1) is 0 Å². The van der Waals surface area contributed by atoms with Gasteiger partial charge in [0, 0.05) is 48.4 Å². The van der Waals surface area contributed by atoms with Crippen LogP contribution in [-0.4, -0.2) is 28.5 Å². The van der Waals surface area contributed by atoms with Crippen LogP contribution in [0.4, 0.5) is 4.39 Å². The first-order chi connectivity index (χ1) is 13.6. The number of piperidine rings is 1. The van der Waals surface area contributed by atoms with Crippen LogP contribution in [0.1, 0.15) is 28.4 Å². The molecule has 0 unspecified atom stereocenters. The Hall–Kier alpha value is -3.15. The minimum Gasteiger partial charge on any atom is -0.464 e. The van der Waals surface area contributed by atoms with Crippen molar-refractivity contribution >= 4 is 5.91 Å². The van der Waals surface area contributed by atoms with Gasteiger partial charge in [0.1, 0.15) is 11.6 Å². The summed E-state index contributed by atoms with van der Waals surface area (Å²) in [7, 11) is 0. The van der Waals surface area contributed by atoms with Crippen LogP contribution in [0.3, 0.4) is 0 Å². The third-order valence-electron chi connectivity index (χ3n) is 5.76. The highest BCUT2D eigenvalue weighted by atomic mass is 19.1. The van der Waals surface area contributed by atoms with Gasteiger partial charge in [-0.2, -0.15) is 0 Å². The van der Waals surface area contributed by atoms with Crippen molar-refractivity contribution < 1.29 is 13.6 Å². The number of furan rings is 1. The van der Waals surface area contributed by atoms with Gasteiger partial charge < -0.3 is 13.9 Å². The molecule has 2 aromatic heterocycles. The molecule has 1 fully saturated rings. The van der Waals surface area contributed by atoms with Crippen molar-refractivity contribution in [2.45, 2.75) is 18.9 Å². The summed E-state index contributed by atoms with van der Waals surface area (Å²) in [4.78, 5) is 27.3. The molecule has 0 spiro atoms. The van der Waals surface area contributed by atoms with Crippen molar-refractivity contribution in [3.8, 4) is 11.3 Å². The first kappa shape index (κ1) is 17.0. The molecular weight excluding hydrogens is 359 g/mol. The first-order valence-corrected chi connectivity index (χ1v) is 9.42. The number of rotatable bonds is 2. The second kappa shape index (κ2) is 6.48. The lowest BCUT2D eigenvalue weighted by Gasteiger charge is -2.43.